The number of H-pyrrole nitrogens is 1. The Labute approximate surface area is 178 Å². The Morgan fingerprint density at radius 1 is 0.967 bits per heavy atom. The second-order valence-electron chi connectivity index (χ2n) is 7.91. The number of hydrogen-bond acceptors (Lipinski definition) is 4. The molecule has 3 aromatic rings. The molecule has 0 atom stereocenters. The summed E-state index contributed by atoms with van der Waals surface area (Å²) >= 11 is 0. The van der Waals surface area contributed by atoms with Crippen LogP contribution in [0.5, 0.6) is 0 Å². The third-order valence-corrected chi connectivity index (χ3v) is 7.18. The van der Waals surface area contributed by atoms with E-state index in [-0.39, 0.29) is 6.54 Å². The molecule has 1 saturated carbocycles. The van der Waals surface area contributed by atoms with Gasteiger partial charge in [-0.15, -0.1) is 0 Å². The summed E-state index contributed by atoms with van der Waals surface area (Å²) in [5, 5.41) is 7.13. The van der Waals surface area contributed by atoms with Crippen molar-refractivity contribution in [3.63, 3.8) is 0 Å². The molecule has 0 saturated heterocycles. The van der Waals surface area contributed by atoms with Gasteiger partial charge in [-0.1, -0.05) is 61.7 Å². The van der Waals surface area contributed by atoms with Crippen LogP contribution in [0.2, 0.25) is 0 Å². The zero-order valence-corrected chi connectivity index (χ0v) is 17.9. The van der Waals surface area contributed by atoms with Gasteiger partial charge in [-0.3, -0.25) is 5.10 Å². The average molecular weight is 425 g/mol. The zero-order chi connectivity index (χ0) is 20.8. The Bertz CT molecular complexity index is 1040. The minimum absolute atomic E-state index is 0.259. The summed E-state index contributed by atoms with van der Waals surface area (Å²) < 4.78 is 27.9. The lowest BCUT2D eigenvalue weighted by atomic mass is 9.84. The van der Waals surface area contributed by atoms with Gasteiger partial charge in [-0.2, -0.15) is 5.10 Å². The minimum Gasteiger partial charge on any atom is -0.263 e. The average Bonchev–Trinajstić information content (AvgIpc) is 3.22. The summed E-state index contributed by atoms with van der Waals surface area (Å²) in [6.07, 6.45) is 7.35. The first-order valence-corrected chi connectivity index (χ1v) is 12.1. The molecule has 6 nitrogen and oxygen atoms in total. The van der Waals surface area contributed by atoms with E-state index < -0.39 is 10.0 Å². The molecule has 158 valence electrons. The molecule has 2 N–H and O–H groups in total. The van der Waals surface area contributed by atoms with Crippen LogP contribution in [0, 0.1) is 0 Å². The summed E-state index contributed by atoms with van der Waals surface area (Å²) in [7, 11) is -3.54. The van der Waals surface area contributed by atoms with Crippen molar-refractivity contribution in [3.8, 4) is 0 Å². The van der Waals surface area contributed by atoms with Gasteiger partial charge >= 0.3 is 0 Å². The van der Waals surface area contributed by atoms with Crippen LogP contribution in [-0.4, -0.2) is 30.1 Å². The van der Waals surface area contributed by atoms with Crippen LogP contribution in [0.3, 0.4) is 0 Å². The van der Waals surface area contributed by atoms with Crippen LogP contribution in [0.1, 0.15) is 60.8 Å². The number of nitrogens with zero attached hydrogens (tertiary/aromatic N) is 2. The van der Waals surface area contributed by atoms with Crippen molar-refractivity contribution in [3.05, 3.63) is 77.4 Å². The summed E-state index contributed by atoms with van der Waals surface area (Å²) in [6.45, 7) is 0.259. The van der Waals surface area contributed by atoms with Crippen molar-refractivity contribution in [2.45, 2.75) is 55.8 Å². The highest BCUT2D eigenvalue weighted by Crippen LogP contribution is 2.32. The lowest BCUT2D eigenvalue weighted by Crippen LogP contribution is -2.26. The lowest BCUT2D eigenvalue weighted by molar-refractivity contribution is 0.443. The molecule has 0 bridgehead atoms. The van der Waals surface area contributed by atoms with Crippen LogP contribution >= 0.6 is 0 Å². The fourth-order valence-electron chi connectivity index (χ4n) is 4.05. The third kappa shape index (κ3) is 5.34. The number of rotatable bonds is 8. The number of benzene rings is 2. The second-order valence-corrected chi connectivity index (χ2v) is 9.68. The molecule has 4 rings (SSSR count). The topological polar surface area (TPSA) is 87.7 Å². The van der Waals surface area contributed by atoms with Gasteiger partial charge in [-0.05, 0) is 42.0 Å². The van der Waals surface area contributed by atoms with E-state index in [9.17, 15) is 8.42 Å². The van der Waals surface area contributed by atoms with Crippen molar-refractivity contribution < 1.29 is 8.42 Å². The van der Waals surface area contributed by atoms with E-state index in [4.69, 9.17) is 0 Å². The van der Waals surface area contributed by atoms with Gasteiger partial charge in [0.2, 0.25) is 10.0 Å². The van der Waals surface area contributed by atoms with Gasteiger partial charge in [0.1, 0.15) is 5.82 Å². The van der Waals surface area contributed by atoms with Crippen LogP contribution in [0.25, 0.3) is 0 Å². The summed E-state index contributed by atoms with van der Waals surface area (Å²) in [6, 6.07) is 17.4. The molecular weight excluding hydrogens is 396 g/mol. The minimum atomic E-state index is -3.54. The van der Waals surface area contributed by atoms with Crippen LogP contribution in [0.15, 0.2) is 59.5 Å². The molecule has 1 aliphatic carbocycles. The number of nitrogens with one attached hydrogen (secondary N) is 2. The molecule has 1 aromatic heterocycles. The van der Waals surface area contributed by atoms with Gasteiger partial charge in [-0.25, -0.2) is 18.1 Å². The van der Waals surface area contributed by atoms with E-state index in [1.54, 1.807) is 12.1 Å². The van der Waals surface area contributed by atoms with Crippen molar-refractivity contribution in [2.75, 3.05) is 6.54 Å². The Morgan fingerprint density at radius 2 is 1.70 bits per heavy atom. The van der Waals surface area contributed by atoms with E-state index in [0.29, 0.717) is 29.5 Å². The predicted molar refractivity (Wildman–Crippen MR) is 117 cm³/mol. The summed E-state index contributed by atoms with van der Waals surface area (Å²) in [5.74, 6) is 1.95. The van der Waals surface area contributed by atoms with Gasteiger partial charge in [0.15, 0.2) is 5.82 Å². The fourth-order valence-corrected chi connectivity index (χ4v) is 5.08. The molecule has 1 aliphatic rings. The van der Waals surface area contributed by atoms with Crippen molar-refractivity contribution in [1.82, 2.24) is 19.9 Å². The Hall–Kier alpha value is -2.51. The standard InChI is InChI=1S/C23H28N4O2S/c28-30(29,21-13-11-20(12-14-21)19-9-5-2-6-10-19)24-16-15-22-25-23(27-26-22)17-18-7-3-1-4-8-18/h1,3-4,7-8,11-14,19,24H,2,5-6,9-10,15-17H2,(H,25,26,27). The maximum Gasteiger partial charge on any atom is 0.240 e. The Kier molecular flexibility index (Phi) is 6.59. The molecule has 7 heteroatoms. The highest BCUT2D eigenvalue weighted by Gasteiger charge is 2.18. The first-order valence-electron chi connectivity index (χ1n) is 10.6. The number of sulfonamides is 1. The fraction of sp³-hybridized carbons (Fsp3) is 0.391. The Morgan fingerprint density at radius 3 is 2.43 bits per heavy atom. The quantitative estimate of drug-likeness (QED) is 0.573. The molecule has 0 radical (unpaired) electrons. The molecule has 1 fully saturated rings. The predicted octanol–water partition coefficient (Wildman–Crippen LogP) is 3.96. The molecule has 0 spiro atoms. The third-order valence-electron chi connectivity index (χ3n) is 5.70. The zero-order valence-electron chi connectivity index (χ0n) is 17.0. The summed E-state index contributed by atoms with van der Waals surface area (Å²) in [5.41, 5.74) is 2.40. The highest BCUT2D eigenvalue weighted by molar-refractivity contribution is 7.89. The molecule has 0 amide bonds. The van der Waals surface area contributed by atoms with Crippen LogP contribution in [-0.2, 0) is 22.9 Å². The Balaban J connectivity index is 1.30. The highest BCUT2D eigenvalue weighted by atomic mass is 32.2. The van der Waals surface area contributed by atoms with E-state index in [1.807, 2.05) is 42.5 Å². The van der Waals surface area contributed by atoms with Crippen molar-refractivity contribution in [1.29, 1.82) is 0 Å². The van der Waals surface area contributed by atoms with E-state index in [1.165, 1.54) is 37.7 Å². The van der Waals surface area contributed by atoms with Gasteiger partial charge in [0.25, 0.3) is 0 Å². The molecule has 0 unspecified atom stereocenters. The smallest absolute Gasteiger partial charge is 0.240 e. The number of hydrogen-bond donors (Lipinski definition) is 2. The van der Waals surface area contributed by atoms with Gasteiger partial charge < -0.3 is 0 Å². The second kappa shape index (κ2) is 9.53. The van der Waals surface area contributed by atoms with E-state index >= 15 is 0 Å². The maximum absolute atomic E-state index is 12.6. The monoisotopic (exact) mass is 424 g/mol. The normalized spacial score (nSPS) is 15.3. The van der Waals surface area contributed by atoms with Gasteiger partial charge in [0, 0.05) is 19.4 Å². The van der Waals surface area contributed by atoms with E-state index in [0.717, 1.165) is 11.4 Å². The lowest BCUT2D eigenvalue weighted by Gasteiger charge is -2.22. The van der Waals surface area contributed by atoms with Crippen LogP contribution < -0.4 is 4.72 Å². The first-order chi connectivity index (χ1) is 14.6. The molecular formula is C23H28N4O2S. The number of aromatic nitrogens is 3. The number of aromatic amines is 1. The van der Waals surface area contributed by atoms with Crippen molar-refractivity contribution >= 4 is 10.0 Å². The van der Waals surface area contributed by atoms with Crippen LogP contribution in [0.4, 0.5) is 0 Å². The first kappa shape index (κ1) is 20.8. The van der Waals surface area contributed by atoms with Gasteiger partial charge in [0.05, 0.1) is 4.90 Å². The molecule has 2 aromatic carbocycles. The molecule has 30 heavy (non-hydrogen) atoms. The molecule has 1 heterocycles. The van der Waals surface area contributed by atoms with E-state index in [2.05, 4.69) is 19.9 Å². The molecule has 0 aliphatic heterocycles. The largest absolute Gasteiger partial charge is 0.263 e. The summed E-state index contributed by atoms with van der Waals surface area (Å²) in [4.78, 5) is 4.77. The maximum atomic E-state index is 12.6. The van der Waals surface area contributed by atoms with Crippen molar-refractivity contribution in [2.24, 2.45) is 0 Å². The SMILES string of the molecule is O=S(=O)(NCCc1n[nH]c(Cc2ccccc2)n1)c1ccc(C2CCCCC2)cc1.